The molecule has 1 saturated carbocycles. The summed E-state index contributed by atoms with van der Waals surface area (Å²) in [4.78, 5) is 47.9. The Morgan fingerprint density at radius 2 is 2.03 bits per heavy atom. The van der Waals surface area contributed by atoms with Gasteiger partial charge in [-0.25, -0.2) is 4.98 Å². The van der Waals surface area contributed by atoms with Crippen molar-refractivity contribution in [2.24, 2.45) is 5.92 Å². The van der Waals surface area contributed by atoms with Crippen LogP contribution in [-0.4, -0.2) is 69.4 Å². The standard InChI is InChI=1S/C25H33N5O4/c1-17(23(32)28-21-9-8-20(14-26-21)34-15-18-5-4-6-18)29-11-12-30(25(2,3)16-29)24(33)19-7-10-22(31)27-13-19/h7-10,13-14,17-18H,4-6,11-12,15-16H2,1-3H3,(H,27,31)(H,26,28,32)/t17-/m0/s1. The molecule has 2 aromatic rings. The molecular weight excluding hydrogens is 434 g/mol. The van der Waals surface area contributed by atoms with Gasteiger partial charge in [-0.15, -0.1) is 0 Å². The molecule has 2 fully saturated rings. The fourth-order valence-electron chi connectivity index (χ4n) is 4.41. The molecule has 2 aliphatic rings. The molecule has 1 saturated heterocycles. The Bertz CT molecular complexity index is 1060. The topological polar surface area (TPSA) is 108 Å². The summed E-state index contributed by atoms with van der Waals surface area (Å²) in [6.07, 6.45) is 6.83. The van der Waals surface area contributed by atoms with Gasteiger partial charge in [0, 0.05) is 31.9 Å². The maximum atomic E-state index is 13.0. The van der Waals surface area contributed by atoms with Crippen LogP contribution in [0.1, 0.15) is 50.4 Å². The average Bonchev–Trinajstić information content (AvgIpc) is 2.78. The van der Waals surface area contributed by atoms with Crippen molar-refractivity contribution in [1.82, 2.24) is 19.8 Å². The molecule has 2 N–H and O–H groups in total. The second kappa shape index (κ2) is 9.97. The highest BCUT2D eigenvalue weighted by atomic mass is 16.5. The quantitative estimate of drug-likeness (QED) is 0.648. The zero-order valence-electron chi connectivity index (χ0n) is 20.0. The summed E-state index contributed by atoms with van der Waals surface area (Å²) < 4.78 is 5.77. The van der Waals surface area contributed by atoms with E-state index in [0.29, 0.717) is 42.7 Å². The average molecular weight is 468 g/mol. The molecule has 182 valence electrons. The smallest absolute Gasteiger partial charge is 0.255 e. The summed E-state index contributed by atoms with van der Waals surface area (Å²) in [7, 11) is 0. The van der Waals surface area contributed by atoms with Crippen LogP contribution >= 0.6 is 0 Å². The number of nitrogens with zero attached hydrogens (tertiary/aromatic N) is 3. The van der Waals surface area contributed by atoms with Gasteiger partial charge in [-0.1, -0.05) is 6.42 Å². The van der Waals surface area contributed by atoms with Crippen LogP contribution in [0.3, 0.4) is 0 Å². The molecular formula is C25H33N5O4. The van der Waals surface area contributed by atoms with Crippen LogP contribution in [0.4, 0.5) is 5.82 Å². The molecule has 9 nitrogen and oxygen atoms in total. The number of hydrogen-bond acceptors (Lipinski definition) is 6. The summed E-state index contributed by atoms with van der Waals surface area (Å²) in [5.41, 5.74) is -0.290. The van der Waals surface area contributed by atoms with Crippen LogP contribution in [0, 0.1) is 5.92 Å². The highest BCUT2D eigenvalue weighted by Crippen LogP contribution is 2.27. The number of piperazine rings is 1. The monoisotopic (exact) mass is 467 g/mol. The van der Waals surface area contributed by atoms with E-state index >= 15 is 0 Å². The van der Waals surface area contributed by atoms with Crippen molar-refractivity contribution in [2.75, 3.05) is 31.6 Å². The predicted octanol–water partition coefficient (Wildman–Crippen LogP) is 2.51. The summed E-state index contributed by atoms with van der Waals surface area (Å²) in [5.74, 6) is 1.56. The van der Waals surface area contributed by atoms with E-state index < -0.39 is 5.54 Å². The Balaban J connectivity index is 1.31. The first kappa shape index (κ1) is 23.9. The number of hydrogen-bond donors (Lipinski definition) is 2. The molecule has 1 aliphatic heterocycles. The largest absolute Gasteiger partial charge is 0.492 e. The van der Waals surface area contributed by atoms with Gasteiger partial charge in [0.05, 0.1) is 29.9 Å². The fraction of sp³-hybridized carbons (Fsp3) is 0.520. The van der Waals surface area contributed by atoms with E-state index in [-0.39, 0.29) is 23.4 Å². The van der Waals surface area contributed by atoms with Gasteiger partial charge in [0.15, 0.2) is 0 Å². The maximum absolute atomic E-state index is 13.0. The van der Waals surface area contributed by atoms with Crippen molar-refractivity contribution in [3.63, 3.8) is 0 Å². The molecule has 4 rings (SSSR count). The Labute approximate surface area is 199 Å². The van der Waals surface area contributed by atoms with Crippen molar-refractivity contribution in [3.05, 3.63) is 52.6 Å². The van der Waals surface area contributed by atoms with Crippen molar-refractivity contribution >= 4 is 17.6 Å². The van der Waals surface area contributed by atoms with Crippen LogP contribution in [0.5, 0.6) is 5.75 Å². The number of carbonyl (C=O) groups is 2. The van der Waals surface area contributed by atoms with Gasteiger partial charge < -0.3 is 19.9 Å². The molecule has 2 amide bonds. The highest BCUT2D eigenvalue weighted by molar-refractivity contribution is 5.95. The third-order valence-electron chi connectivity index (χ3n) is 6.83. The Morgan fingerprint density at radius 3 is 2.62 bits per heavy atom. The third-order valence-corrected chi connectivity index (χ3v) is 6.83. The van der Waals surface area contributed by atoms with Gasteiger partial charge in [0.25, 0.3) is 5.91 Å². The summed E-state index contributed by atoms with van der Waals surface area (Å²) >= 11 is 0. The van der Waals surface area contributed by atoms with E-state index in [2.05, 4.69) is 20.2 Å². The van der Waals surface area contributed by atoms with E-state index in [0.717, 1.165) is 6.61 Å². The van der Waals surface area contributed by atoms with Crippen LogP contribution in [-0.2, 0) is 4.79 Å². The Hall–Kier alpha value is -3.20. The lowest BCUT2D eigenvalue weighted by Gasteiger charge is -2.48. The molecule has 0 aromatic carbocycles. The van der Waals surface area contributed by atoms with Gasteiger partial charge in [-0.2, -0.15) is 0 Å². The van der Waals surface area contributed by atoms with Crippen molar-refractivity contribution in [1.29, 1.82) is 0 Å². The van der Waals surface area contributed by atoms with E-state index in [1.807, 2.05) is 26.8 Å². The molecule has 2 aromatic heterocycles. The summed E-state index contributed by atoms with van der Waals surface area (Å²) in [5, 5.41) is 2.88. The van der Waals surface area contributed by atoms with Crippen LogP contribution in [0.15, 0.2) is 41.5 Å². The minimum absolute atomic E-state index is 0.137. The summed E-state index contributed by atoms with van der Waals surface area (Å²) in [6.45, 7) is 8.13. The maximum Gasteiger partial charge on any atom is 0.255 e. The van der Waals surface area contributed by atoms with Crippen molar-refractivity contribution < 1.29 is 14.3 Å². The second-order valence-electron chi connectivity index (χ2n) is 9.83. The third kappa shape index (κ3) is 5.47. The number of H-pyrrole nitrogens is 1. The lowest BCUT2D eigenvalue weighted by molar-refractivity contribution is -0.122. The number of rotatable bonds is 7. The van der Waals surface area contributed by atoms with Crippen LogP contribution in [0.25, 0.3) is 0 Å². The van der Waals surface area contributed by atoms with E-state index in [1.165, 1.54) is 37.6 Å². The van der Waals surface area contributed by atoms with Gasteiger partial charge >= 0.3 is 0 Å². The minimum Gasteiger partial charge on any atom is -0.492 e. The van der Waals surface area contributed by atoms with Gasteiger partial charge in [-0.3, -0.25) is 19.3 Å². The van der Waals surface area contributed by atoms with Crippen molar-refractivity contribution in [3.8, 4) is 5.75 Å². The van der Waals surface area contributed by atoms with E-state index in [4.69, 9.17) is 4.74 Å². The van der Waals surface area contributed by atoms with E-state index in [9.17, 15) is 14.4 Å². The van der Waals surface area contributed by atoms with Crippen LogP contribution < -0.4 is 15.6 Å². The SMILES string of the molecule is C[C@@H](C(=O)Nc1ccc(OCC2CCC2)cn1)N1CCN(C(=O)c2ccc(=O)[nH]c2)C(C)(C)C1. The summed E-state index contributed by atoms with van der Waals surface area (Å²) in [6, 6.07) is 6.09. The fourth-order valence-corrected chi connectivity index (χ4v) is 4.41. The Morgan fingerprint density at radius 1 is 1.24 bits per heavy atom. The molecule has 9 heteroatoms. The highest BCUT2D eigenvalue weighted by Gasteiger charge is 2.39. The number of pyridine rings is 2. The van der Waals surface area contributed by atoms with E-state index in [1.54, 1.807) is 17.2 Å². The Kier molecular flexibility index (Phi) is 7.02. The number of aromatic amines is 1. The van der Waals surface area contributed by atoms with Gasteiger partial charge in [0.1, 0.15) is 11.6 Å². The molecule has 0 unspecified atom stereocenters. The zero-order chi connectivity index (χ0) is 24.3. The lowest BCUT2D eigenvalue weighted by Crippen LogP contribution is -2.63. The number of nitrogens with one attached hydrogen (secondary N) is 2. The molecule has 0 bridgehead atoms. The lowest BCUT2D eigenvalue weighted by atomic mass is 9.86. The molecule has 0 radical (unpaired) electrons. The number of ether oxygens (including phenoxy) is 1. The van der Waals surface area contributed by atoms with Gasteiger partial charge in [-0.05, 0) is 57.7 Å². The molecule has 34 heavy (non-hydrogen) atoms. The predicted molar refractivity (Wildman–Crippen MR) is 129 cm³/mol. The number of aromatic nitrogens is 2. The first-order chi connectivity index (χ1) is 16.2. The normalized spacial score (nSPS) is 19.2. The molecule has 3 heterocycles. The molecule has 1 atom stereocenters. The second-order valence-corrected chi connectivity index (χ2v) is 9.83. The number of amides is 2. The molecule has 0 spiro atoms. The van der Waals surface area contributed by atoms with Crippen LogP contribution in [0.2, 0.25) is 0 Å². The first-order valence-corrected chi connectivity index (χ1v) is 11.9. The number of carbonyl (C=O) groups excluding carboxylic acids is 2. The minimum atomic E-state index is -0.488. The van der Waals surface area contributed by atoms with Crippen molar-refractivity contribution in [2.45, 2.75) is 51.6 Å². The first-order valence-electron chi connectivity index (χ1n) is 11.9. The number of anilines is 1. The van der Waals surface area contributed by atoms with Gasteiger partial charge in [0.2, 0.25) is 11.5 Å². The molecule has 1 aliphatic carbocycles. The zero-order valence-corrected chi connectivity index (χ0v) is 20.0.